The fourth-order valence-electron chi connectivity index (χ4n) is 3.46. The molecular formula is C20H23N5O5. The lowest BCUT2D eigenvalue weighted by Crippen LogP contribution is -2.40. The number of ether oxygens (including phenoxy) is 2. The van der Waals surface area contributed by atoms with E-state index in [1.54, 1.807) is 11.6 Å². The summed E-state index contributed by atoms with van der Waals surface area (Å²) in [6.07, 6.45) is 2.09. The molecule has 0 radical (unpaired) electrons. The van der Waals surface area contributed by atoms with E-state index in [1.165, 1.54) is 17.9 Å². The largest absolute Gasteiger partial charge is 0.486 e. The number of imidazole rings is 1. The van der Waals surface area contributed by atoms with Gasteiger partial charge in [0.2, 0.25) is 5.91 Å². The Balaban J connectivity index is 1.30. The Bertz CT molecular complexity index is 1210. The summed E-state index contributed by atoms with van der Waals surface area (Å²) in [4.78, 5) is 40.8. The van der Waals surface area contributed by atoms with E-state index in [0.29, 0.717) is 48.8 Å². The predicted octanol–water partition coefficient (Wildman–Crippen LogP) is 0.170. The van der Waals surface area contributed by atoms with Gasteiger partial charge in [-0.15, -0.1) is 0 Å². The van der Waals surface area contributed by atoms with Gasteiger partial charge in [-0.1, -0.05) is 12.1 Å². The summed E-state index contributed by atoms with van der Waals surface area (Å²) in [6.45, 7) is 1.16. The van der Waals surface area contributed by atoms with Crippen molar-refractivity contribution in [2.24, 2.45) is 14.1 Å². The molecule has 1 aromatic carbocycles. The van der Waals surface area contributed by atoms with Crippen LogP contribution in [0, 0.1) is 0 Å². The first-order chi connectivity index (χ1) is 14.5. The molecule has 10 heteroatoms. The summed E-state index contributed by atoms with van der Waals surface area (Å²) in [7, 11) is 3.01. The molecule has 4 rings (SSSR count). The van der Waals surface area contributed by atoms with Gasteiger partial charge in [-0.05, 0) is 18.6 Å². The Kier molecular flexibility index (Phi) is 5.30. The number of hydrogen-bond acceptors (Lipinski definition) is 6. The second kappa shape index (κ2) is 8.05. The highest BCUT2D eigenvalue weighted by Crippen LogP contribution is 2.30. The first-order valence-corrected chi connectivity index (χ1v) is 9.71. The number of aromatic nitrogens is 4. The van der Waals surface area contributed by atoms with Crippen LogP contribution in [0.2, 0.25) is 0 Å². The van der Waals surface area contributed by atoms with Gasteiger partial charge in [-0.25, -0.2) is 9.78 Å². The minimum Gasteiger partial charge on any atom is -0.486 e. The second-order valence-electron chi connectivity index (χ2n) is 7.22. The summed E-state index contributed by atoms with van der Waals surface area (Å²) < 4.78 is 15.5. The van der Waals surface area contributed by atoms with Gasteiger partial charge in [0.15, 0.2) is 22.7 Å². The first kappa shape index (κ1) is 19.7. The van der Waals surface area contributed by atoms with Crippen molar-refractivity contribution in [2.45, 2.75) is 25.5 Å². The molecule has 0 bridgehead atoms. The van der Waals surface area contributed by atoms with Gasteiger partial charge in [0.05, 0.1) is 12.9 Å². The first-order valence-electron chi connectivity index (χ1n) is 9.71. The lowest BCUT2D eigenvalue weighted by Gasteiger charge is -2.26. The summed E-state index contributed by atoms with van der Waals surface area (Å²) >= 11 is 0. The molecule has 1 unspecified atom stereocenters. The van der Waals surface area contributed by atoms with Crippen molar-refractivity contribution in [3.63, 3.8) is 0 Å². The molecule has 3 aromatic rings. The molecule has 1 atom stereocenters. The highest BCUT2D eigenvalue weighted by Gasteiger charge is 2.21. The van der Waals surface area contributed by atoms with E-state index in [4.69, 9.17) is 9.47 Å². The van der Waals surface area contributed by atoms with Crippen molar-refractivity contribution in [1.29, 1.82) is 0 Å². The van der Waals surface area contributed by atoms with E-state index in [9.17, 15) is 14.4 Å². The number of nitrogens with zero attached hydrogens (tertiary/aromatic N) is 4. The van der Waals surface area contributed by atoms with Gasteiger partial charge >= 0.3 is 5.69 Å². The van der Waals surface area contributed by atoms with Crippen molar-refractivity contribution in [2.75, 3.05) is 13.2 Å². The number of carbonyl (C=O) groups excluding carboxylic acids is 1. The molecule has 3 heterocycles. The summed E-state index contributed by atoms with van der Waals surface area (Å²) in [5.41, 5.74) is -0.132. The number of aryl methyl sites for hydroxylation is 2. The number of fused-ring (bicyclic) bond motifs is 2. The number of carbonyl (C=O) groups is 1. The number of para-hydroxylation sites is 2. The number of benzene rings is 1. The third kappa shape index (κ3) is 3.68. The molecule has 1 N–H and O–H groups in total. The van der Waals surface area contributed by atoms with Crippen LogP contribution >= 0.6 is 0 Å². The zero-order valence-corrected chi connectivity index (χ0v) is 16.8. The Morgan fingerprint density at radius 2 is 1.97 bits per heavy atom. The van der Waals surface area contributed by atoms with E-state index >= 15 is 0 Å². The molecule has 158 valence electrons. The quantitative estimate of drug-likeness (QED) is 0.617. The smallest absolute Gasteiger partial charge is 0.332 e. The van der Waals surface area contributed by atoms with Crippen molar-refractivity contribution >= 4 is 17.1 Å². The van der Waals surface area contributed by atoms with E-state index in [0.717, 1.165) is 4.57 Å². The van der Waals surface area contributed by atoms with Crippen LogP contribution in [0.3, 0.4) is 0 Å². The molecule has 1 aliphatic rings. The molecule has 0 saturated heterocycles. The number of nitrogens with one attached hydrogen (secondary N) is 1. The fourth-order valence-corrected chi connectivity index (χ4v) is 3.46. The van der Waals surface area contributed by atoms with Crippen molar-refractivity contribution in [3.8, 4) is 11.5 Å². The van der Waals surface area contributed by atoms with Crippen LogP contribution < -0.4 is 26.0 Å². The monoisotopic (exact) mass is 413 g/mol. The van der Waals surface area contributed by atoms with Gasteiger partial charge in [-0.2, -0.15) is 0 Å². The predicted molar refractivity (Wildman–Crippen MR) is 109 cm³/mol. The molecule has 10 nitrogen and oxygen atoms in total. The summed E-state index contributed by atoms with van der Waals surface area (Å²) in [5, 5.41) is 2.86. The lowest BCUT2D eigenvalue weighted by atomic mass is 10.2. The highest BCUT2D eigenvalue weighted by atomic mass is 16.6. The van der Waals surface area contributed by atoms with Gasteiger partial charge in [-0.3, -0.25) is 18.7 Å². The topological polar surface area (TPSA) is 109 Å². The molecule has 2 aromatic heterocycles. The van der Waals surface area contributed by atoms with Crippen LogP contribution in [-0.2, 0) is 25.4 Å². The third-order valence-corrected chi connectivity index (χ3v) is 5.11. The molecule has 0 spiro atoms. The van der Waals surface area contributed by atoms with Gasteiger partial charge in [0, 0.05) is 27.1 Å². The molecule has 1 aliphatic heterocycles. The number of hydrogen-bond donors (Lipinski definition) is 1. The molecule has 0 fully saturated rings. The Morgan fingerprint density at radius 1 is 1.20 bits per heavy atom. The standard InChI is InChI=1S/C20H23N5O5/c1-23-18-17(19(27)24(2)20(23)28)25(12-22-18)9-5-8-16(26)21-10-13-11-29-14-6-3-4-7-15(14)30-13/h3-4,6-7,12-13H,5,8-11H2,1-2H3,(H,21,26). The van der Waals surface area contributed by atoms with E-state index < -0.39 is 11.2 Å². The average Bonchev–Trinajstić information content (AvgIpc) is 3.18. The maximum absolute atomic E-state index is 12.4. The third-order valence-electron chi connectivity index (χ3n) is 5.11. The summed E-state index contributed by atoms with van der Waals surface area (Å²) in [5.74, 6) is 1.27. The molecule has 1 amide bonds. The number of amides is 1. The van der Waals surface area contributed by atoms with Crippen molar-refractivity contribution < 1.29 is 14.3 Å². The maximum Gasteiger partial charge on any atom is 0.332 e. The Labute approximate surface area is 171 Å². The normalized spacial score (nSPS) is 15.3. The minimum absolute atomic E-state index is 0.109. The van der Waals surface area contributed by atoms with Crippen LogP contribution in [0.15, 0.2) is 40.2 Å². The molecule has 30 heavy (non-hydrogen) atoms. The van der Waals surface area contributed by atoms with Crippen molar-refractivity contribution in [3.05, 3.63) is 51.4 Å². The van der Waals surface area contributed by atoms with Crippen molar-refractivity contribution in [1.82, 2.24) is 24.0 Å². The van der Waals surface area contributed by atoms with Gasteiger partial charge < -0.3 is 19.4 Å². The SMILES string of the molecule is Cn1c(=O)c2c(ncn2CCCC(=O)NCC2COc3ccccc3O2)n(C)c1=O. The minimum atomic E-state index is -0.423. The lowest BCUT2D eigenvalue weighted by molar-refractivity contribution is -0.121. The molecular weight excluding hydrogens is 390 g/mol. The Morgan fingerprint density at radius 3 is 2.77 bits per heavy atom. The van der Waals surface area contributed by atoms with E-state index in [1.807, 2.05) is 24.3 Å². The number of rotatable bonds is 6. The fraction of sp³-hybridized carbons (Fsp3) is 0.400. The second-order valence-corrected chi connectivity index (χ2v) is 7.22. The average molecular weight is 413 g/mol. The van der Waals surface area contributed by atoms with Crippen LogP contribution in [0.1, 0.15) is 12.8 Å². The van der Waals surface area contributed by atoms with Gasteiger partial charge in [0.1, 0.15) is 12.7 Å². The zero-order valence-electron chi connectivity index (χ0n) is 16.8. The van der Waals surface area contributed by atoms with Gasteiger partial charge in [0.25, 0.3) is 5.56 Å². The van der Waals surface area contributed by atoms with Crippen LogP contribution in [-0.4, -0.2) is 43.8 Å². The summed E-state index contributed by atoms with van der Waals surface area (Å²) in [6, 6.07) is 7.42. The maximum atomic E-state index is 12.4. The highest BCUT2D eigenvalue weighted by molar-refractivity contribution is 5.76. The molecule has 0 aliphatic carbocycles. The zero-order chi connectivity index (χ0) is 21.3. The molecule has 0 saturated carbocycles. The van der Waals surface area contributed by atoms with Crippen LogP contribution in [0.5, 0.6) is 11.5 Å². The van der Waals surface area contributed by atoms with Crippen LogP contribution in [0.4, 0.5) is 0 Å². The Hall–Kier alpha value is -3.56. The van der Waals surface area contributed by atoms with Crippen LogP contribution in [0.25, 0.3) is 11.2 Å². The van der Waals surface area contributed by atoms with E-state index in [2.05, 4.69) is 10.3 Å². The van der Waals surface area contributed by atoms with E-state index in [-0.39, 0.29) is 18.4 Å².